The van der Waals surface area contributed by atoms with Crippen molar-refractivity contribution in [1.82, 2.24) is 10.2 Å². The van der Waals surface area contributed by atoms with Gasteiger partial charge in [-0.15, -0.1) is 0 Å². The van der Waals surface area contributed by atoms with Crippen LogP contribution in [0.2, 0.25) is 0 Å². The summed E-state index contributed by atoms with van der Waals surface area (Å²) in [5.41, 5.74) is 0.871. The van der Waals surface area contributed by atoms with Crippen molar-refractivity contribution >= 4 is 27.5 Å². The zero-order valence-electron chi connectivity index (χ0n) is 22.1. The van der Waals surface area contributed by atoms with E-state index in [0.717, 1.165) is 17.1 Å². The lowest BCUT2D eigenvalue weighted by Gasteiger charge is -2.33. The van der Waals surface area contributed by atoms with E-state index >= 15 is 0 Å². The number of carbonyl (C=O) groups is 2. The van der Waals surface area contributed by atoms with Crippen LogP contribution in [0.25, 0.3) is 0 Å². The van der Waals surface area contributed by atoms with Crippen molar-refractivity contribution in [3.8, 4) is 11.5 Å². The maximum absolute atomic E-state index is 13.8. The van der Waals surface area contributed by atoms with Crippen LogP contribution in [0.1, 0.15) is 45.6 Å². The number of ether oxygens (including phenoxy) is 2. The fourth-order valence-corrected chi connectivity index (χ4v) is 5.17. The molecule has 1 aliphatic heterocycles. The molecule has 0 saturated heterocycles. The fraction of sp³-hybridized carbons (Fsp3) is 0.481. The highest BCUT2D eigenvalue weighted by atomic mass is 32.2. The Morgan fingerprint density at radius 1 is 1.03 bits per heavy atom. The molecule has 0 aromatic heterocycles. The molecule has 0 spiro atoms. The van der Waals surface area contributed by atoms with E-state index in [1.807, 2.05) is 6.92 Å². The average Bonchev–Trinajstić information content (AvgIpc) is 2.92. The highest BCUT2D eigenvalue weighted by Gasteiger charge is 2.32. The third-order valence-electron chi connectivity index (χ3n) is 6.27. The van der Waals surface area contributed by atoms with Gasteiger partial charge in [0.15, 0.2) is 11.5 Å². The smallest absolute Gasteiger partial charge is 0.244 e. The Balaban J connectivity index is 1.95. The van der Waals surface area contributed by atoms with E-state index in [9.17, 15) is 22.4 Å². The maximum atomic E-state index is 13.8. The molecule has 1 N–H and O–H groups in total. The second-order valence-electron chi connectivity index (χ2n) is 8.95. The van der Waals surface area contributed by atoms with Crippen LogP contribution in [0.3, 0.4) is 0 Å². The van der Waals surface area contributed by atoms with Gasteiger partial charge in [-0.1, -0.05) is 32.4 Å². The normalized spacial score (nSPS) is 13.5. The number of fused-ring (bicyclic) bond motifs is 1. The van der Waals surface area contributed by atoms with E-state index in [1.165, 1.54) is 30.0 Å². The molecule has 0 radical (unpaired) electrons. The molecule has 2 amide bonds. The maximum Gasteiger partial charge on any atom is 0.244 e. The number of benzene rings is 2. The Morgan fingerprint density at radius 2 is 1.71 bits per heavy atom. The van der Waals surface area contributed by atoms with Gasteiger partial charge in [-0.3, -0.25) is 13.9 Å². The summed E-state index contributed by atoms with van der Waals surface area (Å²) in [7, 11) is -3.88. The molecule has 208 valence electrons. The zero-order valence-corrected chi connectivity index (χ0v) is 22.9. The van der Waals surface area contributed by atoms with Crippen LogP contribution in [0, 0.1) is 5.82 Å². The first-order valence-corrected chi connectivity index (χ1v) is 14.5. The summed E-state index contributed by atoms with van der Waals surface area (Å²) in [6.07, 6.45) is 2.00. The van der Waals surface area contributed by atoms with E-state index in [4.69, 9.17) is 9.47 Å². The third kappa shape index (κ3) is 7.37. The standard InChI is InChI=1S/C27H36FN3O6S/c1-4-7-14-29-27(33)23(5-2)30(18-20-8-10-21(28)11-9-20)26(32)19-31(38(34,35)6-3)22-12-13-24-25(17-22)37-16-15-36-24/h8-13,17,23H,4-7,14-16,18-19H2,1-3H3,(H,29,33)/t23-/m0/s1. The average molecular weight is 550 g/mol. The summed E-state index contributed by atoms with van der Waals surface area (Å²) in [6.45, 7) is 5.97. The first-order chi connectivity index (χ1) is 18.2. The first kappa shape index (κ1) is 29.2. The molecule has 0 fully saturated rings. The Bertz CT molecular complexity index is 1210. The van der Waals surface area contributed by atoms with Gasteiger partial charge in [0.2, 0.25) is 21.8 Å². The number of hydrogen-bond acceptors (Lipinski definition) is 6. The molecule has 0 saturated carbocycles. The molecule has 0 unspecified atom stereocenters. The van der Waals surface area contributed by atoms with Crippen LogP contribution in [-0.2, 0) is 26.2 Å². The zero-order chi connectivity index (χ0) is 27.7. The molecule has 2 aromatic carbocycles. The van der Waals surface area contributed by atoms with E-state index in [1.54, 1.807) is 31.2 Å². The van der Waals surface area contributed by atoms with Crippen molar-refractivity contribution in [2.24, 2.45) is 0 Å². The summed E-state index contributed by atoms with van der Waals surface area (Å²) in [5, 5.41) is 2.87. The number of hydrogen-bond donors (Lipinski definition) is 1. The van der Waals surface area contributed by atoms with Gasteiger partial charge in [-0.2, -0.15) is 0 Å². The first-order valence-electron chi connectivity index (χ1n) is 12.9. The van der Waals surface area contributed by atoms with Gasteiger partial charge in [-0.05, 0) is 49.6 Å². The molecule has 1 aliphatic rings. The van der Waals surface area contributed by atoms with Crippen molar-refractivity contribution in [2.75, 3.05) is 36.4 Å². The van der Waals surface area contributed by atoms with Gasteiger partial charge in [0.05, 0.1) is 11.4 Å². The predicted molar refractivity (Wildman–Crippen MR) is 143 cm³/mol. The molecule has 38 heavy (non-hydrogen) atoms. The predicted octanol–water partition coefficient (Wildman–Crippen LogP) is 3.48. The number of unbranched alkanes of at least 4 members (excludes halogenated alkanes) is 1. The quantitative estimate of drug-likeness (QED) is 0.384. The van der Waals surface area contributed by atoms with Crippen molar-refractivity contribution in [1.29, 1.82) is 0 Å². The van der Waals surface area contributed by atoms with Gasteiger partial charge in [0.25, 0.3) is 0 Å². The molecule has 0 bridgehead atoms. The number of rotatable bonds is 13. The monoisotopic (exact) mass is 549 g/mol. The van der Waals surface area contributed by atoms with Crippen LogP contribution >= 0.6 is 0 Å². The summed E-state index contributed by atoms with van der Waals surface area (Å²) in [6, 6.07) is 9.51. The molecular formula is C27H36FN3O6S. The Kier molecular flexibility index (Phi) is 10.3. The summed E-state index contributed by atoms with van der Waals surface area (Å²) < 4.78 is 52.0. The molecule has 9 nitrogen and oxygen atoms in total. The van der Waals surface area contributed by atoms with Gasteiger partial charge < -0.3 is 19.7 Å². The second-order valence-corrected chi connectivity index (χ2v) is 11.1. The molecule has 2 aromatic rings. The van der Waals surface area contributed by atoms with Crippen molar-refractivity contribution in [3.63, 3.8) is 0 Å². The highest BCUT2D eigenvalue weighted by molar-refractivity contribution is 7.92. The van der Waals surface area contributed by atoms with Gasteiger partial charge in [-0.25, -0.2) is 12.8 Å². The Labute approximate surface area is 224 Å². The van der Waals surface area contributed by atoms with Crippen LogP contribution in [0.4, 0.5) is 10.1 Å². The number of nitrogens with zero attached hydrogens (tertiary/aromatic N) is 2. The van der Waals surface area contributed by atoms with Crippen LogP contribution in [-0.4, -0.2) is 63.2 Å². The van der Waals surface area contributed by atoms with Gasteiger partial charge in [0.1, 0.15) is 31.6 Å². The number of sulfonamides is 1. The summed E-state index contributed by atoms with van der Waals surface area (Å²) >= 11 is 0. The van der Waals surface area contributed by atoms with Crippen molar-refractivity contribution in [3.05, 3.63) is 53.8 Å². The number of carbonyl (C=O) groups excluding carboxylic acids is 2. The molecule has 0 aliphatic carbocycles. The SMILES string of the molecule is CCCCNC(=O)[C@H](CC)N(Cc1ccc(F)cc1)C(=O)CN(c1ccc2c(c1)OCCO2)S(=O)(=O)CC. The number of anilines is 1. The molecule has 1 atom stereocenters. The molecular weight excluding hydrogens is 513 g/mol. The van der Waals surface area contributed by atoms with E-state index in [0.29, 0.717) is 43.2 Å². The number of halogens is 1. The largest absolute Gasteiger partial charge is 0.486 e. The molecule has 1 heterocycles. The lowest BCUT2D eigenvalue weighted by molar-refractivity contribution is -0.140. The lowest BCUT2D eigenvalue weighted by Crippen LogP contribution is -2.52. The van der Waals surface area contributed by atoms with Crippen molar-refractivity contribution < 1.29 is 31.9 Å². The topological polar surface area (TPSA) is 105 Å². The lowest BCUT2D eigenvalue weighted by atomic mass is 10.1. The summed E-state index contributed by atoms with van der Waals surface area (Å²) in [4.78, 5) is 28.2. The van der Waals surface area contributed by atoms with Gasteiger partial charge >= 0.3 is 0 Å². The van der Waals surface area contributed by atoms with Crippen LogP contribution < -0.4 is 19.1 Å². The summed E-state index contributed by atoms with van der Waals surface area (Å²) in [5.74, 6) is -0.647. The number of nitrogens with one attached hydrogen (secondary N) is 1. The van der Waals surface area contributed by atoms with Gasteiger partial charge in [0, 0.05) is 19.2 Å². The number of amides is 2. The highest BCUT2D eigenvalue weighted by Crippen LogP contribution is 2.35. The third-order valence-corrected chi connectivity index (χ3v) is 8.02. The van der Waals surface area contributed by atoms with E-state index in [-0.39, 0.29) is 23.9 Å². The Hall–Kier alpha value is -3.34. The fourth-order valence-electron chi connectivity index (χ4n) is 4.12. The van der Waals surface area contributed by atoms with Crippen LogP contribution in [0.5, 0.6) is 11.5 Å². The van der Waals surface area contributed by atoms with E-state index in [2.05, 4.69) is 5.32 Å². The molecule has 11 heteroatoms. The van der Waals surface area contributed by atoms with Crippen molar-refractivity contribution in [2.45, 2.75) is 52.6 Å². The minimum absolute atomic E-state index is 0.0139. The minimum atomic E-state index is -3.88. The van der Waals surface area contributed by atoms with E-state index < -0.39 is 34.3 Å². The minimum Gasteiger partial charge on any atom is -0.486 e. The molecule has 3 rings (SSSR count). The Morgan fingerprint density at radius 3 is 2.34 bits per heavy atom. The second kappa shape index (κ2) is 13.5. The van der Waals surface area contributed by atoms with Crippen LogP contribution in [0.15, 0.2) is 42.5 Å².